The van der Waals surface area contributed by atoms with Crippen molar-refractivity contribution in [1.29, 1.82) is 0 Å². The maximum Gasteiger partial charge on any atom is 0.317 e. The number of methoxy groups -OCH3 is 1. The predicted molar refractivity (Wildman–Crippen MR) is 85.8 cm³/mol. The number of aromatic nitrogens is 3. The van der Waals surface area contributed by atoms with Gasteiger partial charge in [0.2, 0.25) is 0 Å². The number of urea groups is 1. The zero-order valence-electron chi connectivity index (χ0n) is 13.2. The molecule has 3 heterocycles. The number of pyridine rings is 1. The Morgan fingerprint density at radius 3 is 3.13 bits per heavy atom. The second-order valence-corrected chi connectivity index (χ2v) is 5.49. The standard InChI is InChI=1S/C16H21N5O2/c1-23-9-6-18-16(22)20-7-3-8-21-14(12-20)10-15(19-21)13-4-2-5-17-11-13/h2,4-5,10-11H,3,6-9,12H2,1H3,(H,18,22). The van der Waals surface area contributed by atoms with E-state index in [0.29, 0.717) is 19.7 Å². The Hall–Kier alpha value is -2.41. The minimum Gasteiger partial charge on any atom is -0.383 e. The number of aryl methyl sites for hydroxylation is 1. The number of ether oxygens (including phenoxy) is 1. The molecule has 1 aliphatic rings. The second-order valence-electron chi connectivity index (χ2n) is 5.49. The van der Waals surface area contributed by atoms with Crippen LogP contribution in [0.2, 0.25) is 0 Å². The van der Waals surface area contributed by atoms with Gasteiger partial charge in [-0.2, -0.15) is 5.10 Å². The van der Waals surface area contributed by atoms with Gasteiger partial charge in [-0.05, 0) is 24.6 Å². The Labute approximate surface area is 135 Å². The molecule has 7 heteroatoms. The molecule has 0 saturated heterocycles. The summed E-state index contributed by atoms with van der Waals surface area (Å²) in [5, 5.41) is 7.52. The van der Waals surface area contributed by atoms with E-state index in [1.807, 2.05) is 27.8 Å². The summed E-state index contributed by atoms with van der Waals surface area (Å²) in [7, 11) is 1.62. The number of hydrogen-bond acceptors (Lipinski definition) is 4. The van der Waals surface area contributed by atoms with Crippen LogP contribution >= 0.6 is 0 Å². The smallest absolute Gasteiger partial charge is 0.317 e. The van der Waals surface area contributed by atoms with Crippen molar-refractivity contribution in [2.24, 2.45) is 0 Å². The molecule has 0 aliphatic carbocycles. The van der Waals surface area contributed by atoms with E-state index in [9.17, 15) is 4.79 Å². The molecule has 1 aliphatic heterocycles. The van der Waals surface area contributed by atoms with Gasteiger partial charge in [-0.3, -0.25) is 9.67 Å². The van der Waals surface area contributed by atoms with Crippen LogP contribution < -0.4 is 5.32 Å². The molecule has 0 fully saturated rings. The highest BCUT2D eigenvalue weighted by atomic mass is 16.5. The van der Waals surface area contributed by atoms with E-state index in [2.05, 4.69) is 15.4 Å². The molecule has 0 atom stereocenters. The first-order chi connectivity index (χ1) is 11.3. The Kier molecular flexibility index (Phi) is 4.87. The summed E-state index contributed by atoms with van der Waals surface area (Å²) in [6.07, 6.45) is 4.44. The molecule has 7 nitrogen and oxygen atoms in total. The number of nitrogens with zero attached hydrogens (tertiary/aromatic N) is 4. The van der Waals surface area contributed by atoms with E-state index in [0.717, 1.165) is 36.5 Å². The van der Waals surface area contributed by atoms with Gasteiger partial charge in [-0.15, -0.1) is 0 Å². The summed E-state index contributed by atoms with van der Waals surface area (Å²) < 4.78 is 6.95. The number of carbonyl (C=O) groups is 1. The Morgan fingerprint density at radius 1 is 1.43 bits per heavy atom. The van der Waals surface area contributed by atoms with Gasteiger partial charge in [0.25, 0.3) is 0 Å². The number of fused-ring (bicyclic) bond motifs is 1. The molecule has 2 amide bonds. The van der Waals surface area contributed by atoms with Crippen LogP contribution in [0.5, 0.6) is 0 Å². The third-order valence-corrected chi connectivity index (χ3v) is 3.84. The molecule has 3 rings (SSSR count). The largest absolute Gasteiger partial charge is 0.383 e. The number of rotatable bonds is 4. The normalized spacial score (nSPS) is 14.2. The molecular formula is C16H21N5O2. The van der Waals surface area contributed by atoms with Gasteiger partial charge in [0.05, 0.1) is 24.5 Å². The van der Waals surface area contributed by atoms with Gasteiger partial charge in [-0.1, -0.05) is 0 Å². The molecule has 0 spiro atoms. The van der Waals surface area contributed by atoms with Crippen LogP contribution in [0.4, 0.5) is 4.79 Å². The molecular weight excluding hydrogens is 294 g/mol. The number of hydrogen-bond donors (Lipinski definition) is 1. The molecule has 1 N–H and O–H groups in total. The minimum atomic E-state index is -0.0559. The SMILES string of the molecule is COCCNC(=O)N1CCCn2nc(-c3cccnc3)cc2C1. The van der Waals surface area contributed by atoms with Gasteiger partial charge >= 0.3 is 6.03 Å². The molecule has 0 aromatic carbocycles. The van der Waals surface area contributed by atoms with Crippen LogP contribution in [-0.4, -0.2) is 52.5 Å². The maximum atomic E-state index is 12.2. The van der Waals surface area contributed by atoms with Crippen molar-refractivity contribution in [2.75, 3.05) is 26.8 Å². The summed E-state index contributed by atoms with van der Waals surface area (Å²) >= 11 is 0. The van der Waals surface area contributed by atoms with Crippen molar-refractivity contribution in [3.63, 3.8) is 0 Å². The van der Waals surface area contributed by atoms with Crippen molar-refractivity contribution in [3.05, 3.63) is 36.3 Å². The first-order valence-corrected chi connectivity index (χ1v) is 7.77. The number of nitrogens with one attached hydrogen (secondary N) is 1. The molecule has 122 valence electrons. The topological polar surface area (TPSA) is 72.3 Å². The highest BCUT2D eigenvalue weighted by Gasteiger charge is 2.20. The Balaban J connectivity index is 1.72. The lowest BCUT2D eigenvalue weighted by atomic mass is 10.2. The number of amides is 2. The zero-order chi connectivity index (χ0) is 16.1. The predicted octanol–water partition coefficient (Wildman–Crippen LogP) is 1.51. The maximum absolute atomic E-state index is 12.2. The van der Waals surface area contributed by atoms with E-state index in [-0.39, 0.29) is 6.03 Å². The van der Waals surface area contributed by atoms with Crippen LogP contribution in [0.15, 0.2) is 30.6 Å². The van der Waals surface area contributed by atoms with Gasteiger partial charge in [0.1, 0.15) is 0 Å². The molecule has 23 heavy (non-hydrogen) atoms. The van der Waals surface area contributed by atoms with E-state index in [4.69, 9.17) is 4.74 Å². The molecule has 0 radical (unpaired) electrons. The van der Waals surface area contributed by atoms with E-state index >= 15 is 0 Å². The molecule has 0 bridgehead atoms. The minimum absolute atomic E-state index is 0.0559. The molecule has 0 saturated carbocycles. The lowest BCUT2D eigenvalue weighted by Gasteiger charge is -2.20. The third-order valence-electron chi connectivity index (χ3n) is 3.84. The third kappa shape index (κ3) is 3.68. The fraction of sp³-hybridized carbons (Fsp3) is 0.438. The fourth-order valence-corrected chi connectivity index (χ4v) is 2.66. The van der Waals surface area contributed by atoms with Crippen molar-refractivity contribution >= 4 is 6.03 Å². The van der Waals surface area contributed by atoms with Gasteiger partial charge < -0.3 is 15.0 Å². The van der Waals surface area contributed by atoms with E-state index in [1.165, 1.54) is 0 Å². The Morgan fingerprint density at radius 2 is 2.35 bits per heavy atom. The second kappa shape index (κ2) is 7.23. The Bertz CT molecular complexity index is 656. The quantitative estimate of drug-likeness (QED) is 0.868. The first kappa shape index (κ1) is 15.5. The van der Waals surface area contributed by atoms with Gasteiger partial charge in [0, 0.05) is 44.7 Å². The van der Waals surface area contributed by atoms with Crippen molar-refractivity contribution in [2.45, 2.75) is 19.5 Å². The lowest BCUT2D eigenvalue weighted by Crippen LogP contribution is -2.40. The lowest BCUT2D eigenvalue weighted by molar-refractivity contribution is 0.178. The monoisotopic (exact) mass is 315 g/mol. The van der Waals surface area contributed by atoms with Crippen molar-refractivity contribution in [1.82, 2.24) is 25.0 Å². The van der Waals surface area contributed by atoms with Crippen LogP contribution in [-0.2, 0) is 17.8 Å². The van der Waals surface area contributed by atoms with Crippen LogP contribution in [0, 0.1) is 0 Å². The summed E-state index contributed by atoms with van der Waals surface area (Å²) in [6.45, 7) is 3.14. The van der Waals surface area contributed by atoms with Gasteiger partial charge in [-0.25, -0.2) is 4.79 Å². The van der Waals surface area contributed by atoms with Gasteiger partial charge in [0.15, 0.2) is 0 Å². The first-order valence-electron chi connectivity index (χ1n) is 7.77. The summed E-state index contributed by atoms with van der Waals surface area (Å²) in [6, 6.07) is 5.87. The molecule has 2 aromatic rings. The average Bonchev–Trinajstić information content (AvgIpc) is 2.87. The average molecular weight is 315 g/mol. The highest BCUT2D eigenvalue weighted by molar-refractivity contribution is 5.74. The molecule has 2 aromatic heterocycles. The summed E-state index contributed by atoms with van der Waals surface area (Å²) in [4.78, 5) is 18.2. The van der Waals surface area contributed by atoms with Crippen molar-refractivity contribution < 1.29 is 9.53 Å². The van der Waals surface area contributed by atoms with Crippen LogP contribution in [0.1, 0.15) is 12.1 Å². The van der Waals surface area contributed by atoms with Crippen LogP contribution in [0.25, 0.3) is 11.3 Å². The zero-order valence-corrected chi connectivity index (χ0v) is 13.2. The van der Waals surface area contributed by atoms with E-state index in [1.54, 1.807) is 19.5 Å². The highest BCUT2D eigenvalue weighted by Crippen LogP contribution is 2.21. The number of carbonyl (C=O) groups excluding carboxylic acids is 1. The van der Waals surface area contributed by atoms with Crippen molar-refractivity contribution in [3.8, 4) is 11.3 Å². The summed E-state index contributed by atoms with van der Waals surface area (Å²) in [5.74, 6) is 0. The molecule has 0 unspecified atom stereocenters. The van der Waals surface area contributed by atoms with E-state index < -0.39 is 0 Å². The summed E-state index contributed by atoms with van der Waals surface area (Å²) in [5.41, 5.74) is 2.93. The van der Waals surface area contributed by atoms with Crippen LogP contribution in [0.3, 0.4) is 0 Å². The fourth-order valence-electron chi connectivity index (χ4n) is 2.66.